The first kappa shape index (κ1) is 19.2. The van der Waals surface area contributed by atoms with E-state index in [9.17, 15) is 0 Å². The smallest absolute Gasteiger partial charge is 0.119 e. The van der Waals surface area contributed by atoms with Crippen molar-refractivity contribution < 1.29 is 18.9 Å². The second-order valence-electron chi connectivity index (χ2n) is 5.34. The third-order valence-corrected chi connectivity index (χ3v) is 3.81. The standard InChI is InChI=1S/C14H14O2.C8H10O2/c1-15-13-7-3-11(4-8-13)12-5-9-14(16-2)10-6-12;1-9-7-3-5-8(10-2)6-4-7/h3-10H,1-2H3;3-6H,1-2H3. The molecule has 0 aliphatic rings. The molecule has 3 aromatic rings. The Morgan fingerprint density at radius 2 is 0.538 bits per heavy atom. The summed E-state index contributed by atoms with van der Waals surface area (Å²) in [6.07, 6.45) is 0. The molecule has 0 unspecified atom stereocenters. The van der Waals surface area contributed by atoms with Crippen molar-refractivity contribution in [3.8, 4) is 34.1 Å². The van der Waals surface area contributed by atoms with Crippen molar-refractivity contribution in [1.82, 2.24) is 0 Å². The molecule has 0 fully saturated rings. The molecule has 0 spiro atoms. The molecular formula is C22H24O4. The van der Waals surface area contributed by atoms with Crippen LogP contribution >= 0.6 is 0 Å². The molecule has 3 rings (SSSR count). The highest BCUT2D eigenvalue weighted by molar-refractivity contribution is 5.64. The Morgan fingerprint density at radius 3 is 0.731 bits per heavy atom. The summed E-state index contributed by atoms with van der Waals surface area (Å²) in [5.41, 5.74) is 2.34. The molecule has 4 heteroatoms. The van der Waals surface area contributed by atoms with E-state index < -0.39 is 0 Å². The molecular weight excluding hydrogens is 328 g/mol. The van der Waals surface area contributed by atoms with Crippen LogP contribution in [0, 0.1) is 0 Å². The van der Waals surface area contributed by atoms with Gasteiger partial charge < -0.3 is 18.9 Å². The molecule has 4 nitrogen and oxygen atoms in total. The molecule has 0 aromatic heterocycles. The van der Waals surface area contributed by atoms with E-state index >= 15 is 0 Å². The average molecular weight is 352 g/mol. The maximum Gasteiger partial charge on any atom is 0.119 e. The van der Waals surface area contributed by atoms with Gasteiger partial charge in [0.25, 0.3) is 0 Å². The van der Waals surface area contributed by atoms with E-state index in [1.165, 1.54) is 11.1 Å². The van der Waals surface area contributed by atoms with Gasteiger partial charge in [-0.1, -0.05) is 24.3 Å². The molecule has 26 heavy (non-hydrogen) atoms. The van der Waals surface area contributed by atoms with Gasteiger partial charge in [-0.2, -0.15) is 0 Å². The Bertz CT molecular complexity index is 694. The maximum atomic E-state index is 5.12. The Hall–Kier alpha value is -3.14. The lowest BCUT2D eigenvalue weighted by Crippen LogP contribution is -1.84. The molecule has 0 saturated heterocycles. The van der Waals surface area contributed by atoms with E-state index in [2.05, 4.69) is 0 Å². The van der Waals surface area contributed by atoms with Crippen molar-refractivity contribution >= 4 is 0 Å². The maximum absolute atomic E-state index is 5.12. The highest BCUT2D eigenvalue weighted by Crippen LogP contribution is 2.24. The molecule has 0 heterocycles. The van der Waals surface area contributed by atoms with E-state index in [4.69, 9.17) is 18.9 Å². The summed E-state index contributed by atoms with van der Waals surface area (Å²) in [7, 11) is 6.62. The summed E-state index contributed by atoms with van der Waals surface area (Å²) in [4.78, 5) is 0. The van der Waals surface area contributed by atoms with Crippen LogP contribution in [0.4, 0.5) is 0 Å². The minimum Gasteiger partial charge on any atom is -0.497 e. The summed E-state index contributed by atoms with van der Waals surface area (Å²) in [5, 5.41) is 0. The van der Waals surface area contributed by atoms with Crippen LogP contribution in [0.5, 0.6) is 23.0 Å². The summed E-state index contributed by atoms with van der Waals surface area (Å²) in [6.45, 7) is 0. The van der Waals surface area contributed by atoms with Gasteiger partial charge in [0.1, 0.15) is 23.0 Å². The van der Waals surface area contributed by atoms with Crippen molar-refractivity contribution in [3.63, 3.8) is 0 Å². The summed E-state index contributed by atoms with van der Waals surface area (Å²) in [5.74, 6) is 3.44. The zero-order valence-corrected chi connectivity index (χ0v) is 15.6. The number of hydrogen-bond donors (Lipinski definition) is 0. The van der Waals surface area contributed by atoms with E-state index in [-0.39, 0.29) is 0 Å². The lowest BCUT2D eigenvalue weighted by atomic mass is 10.1. The van der Waals surface area contributed by atoms with Crippen LogP contribution in [0.2, 0.25) is 0 Å². The molecule has 0 saturated carbocycles. The third-order valence-electron chi connectivity index (χ3n) is 3.81. The number of hydrogen-bond acceptors (Lipinski definition) is 4. The van der Waals surface area contributed by atoms with Gasteiger partial charge in [-0.15, -0.1) is 0 Å². The van der Waals surface area contributed by atoms with Gasteiger partial charge >= 0.3 is 0 Å². The highest BCUT2D eigenvalue weighted by atomic mass is 16.5. The van der Waals surface area contributed by atoms with Gasteiger partial charge in [0, 0.05) is 0 Å². The second-order valence-corrected chi connectivity index (χ2v) is 5.34. The lowest BCUT2D eigenvalue weighted by molar-refractivity contribution is 0.403. The van der Waals surface area contributed by atoms with Crippen LogP contribution in [-0.4, -0.2) is 28.4 Å². The Morgan fingerprint density at radius 1 is 0.346 bits per heavy atom. The first-order valence-electron chi connectivity index (χ1n) is 8.16. The van der Waals surface area contributed by atoms with E-state index in [1.807, 2.05) is 72.8 Å². The van der Waals surface area contributed by atoms with Crippen molar-refractivity contribution in [1.29, 1.82) is 0 Å². The SMILES string of the molecule is COc1ccc(-c2ccc(OC)cc2)cc1.COc1ccc(OC)cc1. The highest BCUT2D eigenvalue weighted by Gasteiger charge is 1.98. The van der Waals surface area contributed by atoms with E-state index in [0.29, 0.717) is 0 Å². The number of benzene rings is 3. The predicted molar refractivity (Wildman–Crippen MR) is 105 cm³/mol. The van der Waals surface area contributed by atoms with Gasteiger partial charge in [-0.25, -0.2) is 0 Å². The predicted octanol–water partition coefficient (Wildman–Crippen LogP) is 5.07. The quantitative estimate of drug-likeness (QED) is 0.642. The summed E-state index contributed by atoms with van der Waals surface area (Å²) >= 11 is 0. The van der Waals surface area contributed by atoms with Crippen LogP contribution in [0.15, 0.2) is 72.8 Å². The molecule has 0 atom stereocenters. The molecule has 0 N–H and O–H groups in total. The van der Waals surface area contributed by atoms with Crippen molar-refractivity contribution in [2.24, 2.45) is 0 Å². The first-order valence-corrected chi connectivity index (χ1v) is 8.16. The first-order chi connectivity index (χ1) is 12.7. The monoisotopic (exact) mass is 352 g/mol. The molecule has 0 aliphatic carbocycles. The van der Waals surface area contributed by atoms with Gasteiger partial charge in [0.05, 0.1) is 28.4 Å². The summed E-state index contributed by atoms with van der Waals surface area (Å²) < 4.78 is 20.2. The van der Waals surface area contributed by atoms with Crippen molar-refractivity contribution in [2.45, 2.75) is 0 Å². The molecule has 0 radical (unpaired) electrons. The Labute approximate surface area is 154 Å². The van der Waals surface area contributed by atoms with E-state index in [0.717, 1.165) is 23.0 Å². The van der Waals surface area contributed by atoms with Crippen LogP contribution < -0.4 is 18.9 Å². The van der Waals surface area contributed by atoms with Crippen molar-refractivity contribution in [2.75, 3.05) is 28.4 Å². The summed E-state index contributed by atoms with van der Waals surface area (Å²) in [6, 6.07) is 23.4. The average Bonchev–Trinajstić information content (AvgIpc) is 2.74. The molecule has 0 bridgehead atoms. The largest absolute Gasteiger partial charge is 0.497 e. The minimum absolute atomic E-state index is 0.848. The second kappa shape index (κ2) is 9.99. The van der Waals surface area contributed by atoms with Gasteiger partial charge in [0.2, 0.25) is 0 Å². The third kappa shape index (κ3) is 5.45. The zero-order valence-electron chi connectivity index (χ0n) is 15.6. The topological polar surface area (TPSA) is 36.9 Å². The Balaban J connectivity index is 0.000000209. The molecule has 3 aromatic carbocycles. The Kier molecular flexibility index (Phi) is 7.37. The van der Waals surface area contributed by atoms with Gasteiger partial charge in [0.15, 0.2) is 0 Å². The van der Waals surface area contributed by atoms with Gasteiger partial charge in [-0.3, -0.25) is 0 Å². The van der Waals surface area contributed by atoms with Crippen LogP contribution in [0.1, 0.15) is 0 Å². The normalized spacial score (nSPS) is 9.54. The van der Waals surface area contributed by atoms with Gasteiger partial charge in [-0.05, 0) is 59.7 Å². The number of ether oxygens (including phenoxy) is 4. The minimum atomic E-state index is 0.848. The lowest BCUT2D eigenvalue weighted by Gasteiger charge is -2.05. The fourth-order valence-electron chi connectivity index (χ4n) is 2.28. The fraction of sp³-hybridized carbons (Fsp3) is 0.182. The van der Waals surface area contributed by atoms with Crippen LogP contribution in [0.25, 0.3) is 11.1 Å². The fourth-order valence-corrected chi connectivity index (χ4v) is 2.28. The number of rotatable bonds is 5. The van der Waals surface area contributed by atoms with Crippen molar-refractivity contribution in [3.05, 3.63) is 72.8 Å². The van der Waals surface area contributed by atoms with Crippen LogP contribution in [-0.2, 0) is 0 Å². The van der Waals surface area contributed by atoms with E-state index in [1.54, 1.807) is 28.4 Å². The molecule has 136 valence electrons. The molecule has 0 aliphatic heterocycles. The number of methoxy groups -OCH3 is 4. The zero-order chi connectivity index (χ0) is 18.8. The van der Waals surface area contributed by atoms with Crippen LogP contribution in [0.3, 0.4) is 0 Å². The molecule has 0 amide bonds.